The highest BCUT2D eigenvalue weighted by Gasteiger charge is 2.09. The summed E-state index contributed by atoms with van der Waals surface area (Å²) in [4.78, 5) is 12.0. The van der Waals surface area contributed by atoms with Crippen LogP contribution < -0.4 is 5.32 Å². The molecule has 0 aromatic heterocycles. The van der Waals surface area contributed by atoms with Crippen molar-refractivity contribution in [1.82, 2.24) is 5.32 Å². The van der Waals surface area contributed by atoms with Gasteiger partial charge in [0.1, 0.15) is 0 Å². The molecule has 0 radical (unpaired) electrons. The Balaban J connectivity index is 1.72. The van der Waals surface area contributed by atoms with Gasteiger partial charge in [-0.05, 0) is 30.7 Å². The SMILES string of the molecule is Cc1ccc(CSCCNC(=O)c2ccc(Cl)cc2Cl)cc1. The second-order valence-corrected chi connectivity index (χ2v) is 6.87. The van der Waals surface area contributed by atoms with Gasteiger partial charge in [-0.2, -0.15) is 11.8 Å². The first-order chi connectivity index (χ1) is 10.6. The minimum atomic E-state index is -0.169. The Morgan fingerprint density at radius 1 is 1.14 bits per heavy atom. The lowest BCUT2D eigenvalue weighted by Gasteiger charge is -2.07. The molecule has 0 unspecified atom stereocenters. The van der Waals surface area contributed by atoms with Crippen LogP contribution in [0.5, 0.6) is 0 Å². The highest BCUT2D eigenvalue weighted by molar-refractivity contribution is 7.98. The van der Waals surface area contributed by atoms with Crippen LogP contribution in [0.3, 0.4) is 0 Å². The first-order valence-corrected chi connectivity index (χ1v) is 8.84. The van der Waals surface area contributed by atoms with Gasteiger partial charge in [-0.3, -0.25) is 4.79 Å². The van der Waals surface area contributed by atoms with E-state index in [1.165, 1.54) is 11.1 Å². The molecule has 116 valence electrons. The van der Waals surface area contributed by atoms with E-state index in [0.717, 1.165) is 11.5 Å². The number of rotatable bonds is 6. The van der Waals surface area contributed by atoms with Gasteiger partial charge in [-0.1, -0.05) is 53.0 Å². The van der Waals surface area contributed by atoms with Crippen molar-refractivity contribution >= 4 is 40.9 Å². The third-order valence-electron chi connectivity index (χ3n) is 3.10. The van der Waals surface area contributed by atoms with Gasteiger partial charge in [0.25, 0.3) is 5.91 Å². The van der Waals surface area contributed by atoms with E-state index < -0.39 is 0 Å². The van der Waals surface area contributed by atoms with E-state index in [0.29, 0.717) is 22.2 Å². The summed E-state index contributed by atoms with van der Waals surface area (Å²) in [6, 6.07) is 13.4. The molecule has 0 saturated heterocycles. The molecule has 0 heterocycles. The topological polar surface area (TPSA) is 29.1 Å². The van der Waals surface area contributed by atoms with Crippen molar-refractivity contribution < 1.29 is 4.79 Å². The van der Waals surface area contributed by atoms with Crippen LogP contribution in [-0.4, -0.2) is 18.2 Å². The fourth-order valence-electron chi connectivity index (χ4n) is 1.88. The van der Waals surface area contributed by atoms with Gasteiger partial charge in [0.15, 0.2) is 0 Å². The van der Waals surface area contributed by atoms with E-state index in [2.05, 4.69) is 36.5 Å². The van der Waals surface area contributed by atoms with E-state index >= 15 is 0 Å². The number of benzene rings is 2. The number of hydrogen-bond donors (Lipinski definition) is 1. The van der Waals surface area contributed by atoms with Crippen LogP contribution >= 0.6 is 35.0 Å². The van der Waals surface area contributed by atoms with Crippen molar-refractivity contribution in [1.29, 1.82) is 0 Å². The smallest absolute Gasteiger partial charge is 0.252 e. The molecule has 0 aliphatic heterocycles. The summed E-state index contributed by atoms with van der Waals surface area (Å²) < 4.78 is 0. The fourth-order valence-corrected chi connectivity index (χ4v) is 3.19. The monoisotopic (exact) mass is 353 g/mol. The lowest BCUT2D eigenvalue weighted by atomic mass is 10.2. The molecule has 2 aromatic carbocycles. The van der Waals surface area contributed by atoms with Crippen LogP contribution in [0.15, 0.2) is 42.5 Å². The van der Waals surface area contributed by atoms with E-state index in [4.69, 9.17) is 23.2 Å². The van der Waals surface area contributed by atoms with Gasteiger partial charge in [0, 0.05) is 23.1 Å². The zero-order chi connectivity index (χ0) is 15.9. The second-order valence-electron chi connectivity index (χ2n) is 4.92. The molecule has 2 aromatic rings. The number of carbonyl (C=O) groups excluding carboxylic acids is 1. The number of aryl methyl sites for hydroxylation is 1. The van der Waals surface area contributed by atoms with E-state index in [1.807, 2.05) is 0 Å². The summed E-state index contributed by atoms with van der Waals surface area (Å²) in [5, 5.41) is 3.76. The first-order valence-electron chi connectivity index (χ1n) is 6.93. The minimum absolute atomic E-state index is 0.169. The highest BCUT2D eigenvalue weighted by atomic mass is 35.5. The average Bonchev–Trinajstić information content (AvgIpc) is 2.48. The molecule has 1 amide bonds. The molecule has 1 N–H and O–H groups in total. The Labute approximate surface area is 145 Å². The van der Waals surface area contributed by atoms with Crippen molar-refractivity contribution in [2.45, 2.75) is 12.7 Å². The quantitative estimate of drug-likeness (QED) is 0.743. The van der Waals surface area contributed by atoms with Gasteiger partial charge < -0.3 is 5.32 Å². The molecule has 0 spiro atoms. The Morgan fingerprint density at radius 2 is 1.86 bits per heavy atom. The van der Waals surface area contributed by atoms with Crippen LogP contribution in [0.2, 0.25) is 10.0 Å². The van der Waals surface area contributed by atoms with Crippen LogP contribution in [0.25, 0.3) is 0 Å². The van der Waals surface area contributed by atoms with Crippen LogP contribution in [0, 0.1) is 6.92 Å². The Hall–Kier alpha value is -1.16. The predicted molar refractivity (Wildman–Crippen MR) is 96.1 cm³/mol. The zero-order valence-corrected chi connectivity index (χ0v) is 14.6. The maximum Gasteiger partial charge on any atom is 0.252 e. The van der Waals surface area contributed by atoms with E-state index in [1.54, 1.807) is 30.0 Å². The average molecular weight is 354 g/mol. The second kappa shape index (κ2) is 8.47. The van der Waals surface area contributed by atoms with E-state index in [9.17, 15) is 4.79 Å². The molecule has 0 bridgehead atoms. The molecule has 0 aliphatic carbocycles. The highest BCUT2D eigenvalue weighted by Crippen LogP contribution is 2.20. The molecule has 0 fully saturated rings. The van der Waals surface area contributed by atoms with Crippen molar-refractivity contribution in [3.05, 3.63) is 69.2 Å². The Kier molecular flexibility index (Phi) is 6.62. The van der Waals surface area contributed by atoms with Crippen molar-refractivity contribution in [2.75, 3.05) is 12.3 Å². The van der Waals surface area contributed by atoms with Gasteiger partial charge in [-0.15, -0.1) is 0 Å². The molecule has 0 aliphatic rings. The summed E-state index contributed by atoms with van der Waals surface area (Å²) in [5.74, 6) is 1.63. The predicted octanol–water partition coefficient (Wildman–Crippen LogP) is 4.97. The van der Waals surface area contributed by atoms with Gasteiger partial charge >= 0.3 is 0 Å². The standard InChI is InChI=1S/C17H17Cl2NOS/c1-12-2-4-13(5-3-12)11-22-9-8-20-17(21)15-7-6-14(18)10-16(15)19/h2-7,10H,8-9,11H2,1H3,(H,20,21). The lowest BCUT2D eigenvalue weighted by Crippen LogP contribution is -2.26. The molecule has 22 heavy (non-hydrogen) atoms. The number of carbonyl (C=O) groups is 1. The first kappa shape index (κ1) is 17.2. The van der Waals surface area contributed by atoms with Gasteiger partial charge in [0.05, 0.1) is 10.6 Å². The summed E-state index contributed by atoms with van der Waals surface area (Å²) in [6.07, 6.45) is 0. The van der Waals surface area contributed by atoms with E-state index in [-0.39, 0.29) is 5.91 Å². The number of halogens is 2. The van der Waals surface area contributed by atoms with Crippen LogP contribution in [-0.2, 0) is 5.75 Å². The minimum Gasteiger partial charge on any atom is -0.351 e. The molecule has 2 rings (SSSR count). The number of thioether (sulfide) groups is 1. The molecular weight excluding hydrogens is 337 g/mol. The maximum absolute atomic E-state index is 12.0. The number of nitrogens with one attached hydrogen (secondary N) is 1. The fraction of sp³-hybridized carbons (Fsp3) is 0.235. The summed E-state index contributed by atoms with van der Waals surface area (Å²) in [7, 11) is 0. The largest absolute Gasteiger partial charge is 0.351 e. The van der Waals surface area contributed by atoms with Crippen molar-refractivity contribution in [2.24, 2.45) is 0 Å². The number of amides is 1. The Morgan fingerprint density at radius 3 is 2.55 bits per heavy atom. The molecule has 5 heteroatoms. The zero-order valence-electron chi connectivity index (χ0n) is 12.2. The normalized spacial score (nSPS) is 10.5. The van der Waals surface area contributed by atoms with Crippen molar-refractivity contribution in [3.63, 3.8) is 0 Å². The van der Waals surface area contributed by atoms with Crippen LogP contribution in [0.4, 0.5) is 0 Å². The third-order valence-corrected chi connectivity index (χ3v) is 4.68. The maximum atomic E-state index is 12.0. The summed E-state index contributed by atoms with van der Waals surface area (Å²) in [5.41, 5.74) is 3.01. The summed E-state index contributed by atoms with van der Waals surface area (Å²) >= 11 is 13.6. The number of hydrogen-bond acceptors (Lipinski definition) is 2. The third kappa shape index (κ3) is 5.24. The molecule has 0 saturated carbocycles. The summed E-state index contributed by atoms with van der Waals surface area (Å²) in [6.45, 7) is 2.68. The molecule has 2 nitrogen and oxygen atoms in total. The van der Waals surface area contributed by atoms with Crippen molar-refractivity contribution in [3.8, 4) is 0 Å². The lowest BCUT2D eigenvalue weighted by molar-refractivity contribution is 0.0956. The van der Waals surface area contributed by atoms with Gasteiger partial charge in [-0.25, -0.2) is 0 Å². The van der Waals surface area contributed by atoms with Gasteiger partial charge in [0.2, 0.25) is 0 Å². The van der Waals surface area contributed by atoms with Crippen LogP contribution in [0.1, 0.15) is 21.5 Å². The Bertz CT molecular complexity index is 644. The molecule has 0 atom stereocenters. The molecular formula is C17H17Cl2NOS.